The second-order valence-electron chi connectivity index (χ2n) is 4.20. The molecule has 1 heterocycles. The third kappa shape index (κ3) is 5.21. The first-order valence-electron chi connectivity index (χ1n) is 5.49. The number of anilines is 1. The van der Waals surface area contributed by atoms with Crippen LogP contribution in [0.5, 0.6) is 0 Å². The highest BCUT2D eigenvalue weighted by Crippen LogP contribution is 2.18. The van der Waals surface area contributed by atoms with Gasteiger partial charge in [0.15, 0.2) is 0 Å². The fourth-order valence-electron chi connectivity index (χ4n) is 1.89. The average molecular weight is 315 g/mol. The molecule has 1 fully saturated rings. The van der Waals surface area contributed by atoms with E-state index in [1.807, 2.05) is 0 Å². The summed E-state index contributed by atoms with van der Waals surface area (Å²) in [6.07, 6.45) is 0. The normalized spacial score (nSPS) is 17.8. The zero-order chi connectivity index (χ0) is 10.7. The highest BCUT2D eigenvalue weighted by atomic mass is 35.5. The molecule has 0 aromatic heterocycles. The summed E-state index contributed by atoms with van der Waals surface area (Å²) >= 11 is 0. The van der Waals surface area contributed by atoms with Crippen molar-refractivity contribution in [1.29, 1.82) is 0 Å². The van der Waals surface area contributed by atoms with E-state index in [0.29, 0.717) is 6.04 Å². The second kappa shape index (κ2) is 9.70. The third-order valence-corrected chi connectivity index (χ3v) is 2.85. The van der Waals surface area contributed by atoms with Crippen molar-refractivity contribution in [2.24, 2.45) is 0 Å². The fraction of sp³-hybridized carbons (Fsp3) is 0.500. The van der Waals surface area contributed by atoms with E-state index in [0.717, 1.165) is 19.6 Å². The van der Waals surface area contributed by atoms with E-state index in [9.17, 15) is 0 Å². The maximum atomic E-state index is 3.51. The number of hydrogen-bond donors (Lipinski definition) is 2. The van der Waals surface area contributed by atoms with Crippen molar-refractivity contribution in [1.82, 2.24) is 10.6 Å². The van der Waals surface area contributed by atoms with E-state index >= 15 is 0 Å². The Bertz CT molecular complexity index is 311. The lowest BCUT2D eigenvalue weighted by Gasteiger charge is -2.25. The van der Waals surface area contributed by atoms with Gasteiger partial charge in [-0.2, -0.15) is 0 Å². The van der Waals surface area contributed by atoms with E-state index in [1.54, 1.807) is 0 Å². The first-order chi connectivity index (χ1) is 7.27. The van der Waals surface area contributed by atoms with Crippen LogP contribution in [0.4, 0.5) is 5.69 Å². The van der Waals surface area contributed by atoms with E-state index in [-0.39, 0.29) is 37.2 Å². The molecule has 106 valence electrons. The number of piperazine rings is 1. The number of hydrogen-bond acceptors (Lipinski definition) is 3. The quantitative estimate of drug-likeness (QED) is 0.877. The van der Waals surface area contributed by atoms with Gasteiger partial charge in [0.25, 0.3) is 0 Å². The van der Waals surface area contributed by atoms with Crippen molar-refractivity contribution < 1.29 is 0 Å². The number of nitrogens with zero attached hydrogens (tertiary/aromatic N) is 1. The molecule has 6 heteroatoms. The van der Waals surface area contributed by atoms with Gasteiger partial charge in [0, 0.05) is 45.5 Å². The lowest BCUT2D eigenvalue weighted by Crippen LogP contribution is -2.42. The van der Waals surface area contributed by atoms with Crippen LogP contribution in [0, 0.1) is 0 Å². The number of halogens is 3. The summed E-state index contributed by atoms with van der Waals surface area (Å²) in [4.78, 5) is 2.12. The van der Waals surface area contributed by atoms with Crippen LogP contribution in [0.25, 0.3) is 0 Å². The van der Waals surface area contributed by atoms with Gasteiger partial charge in [-0.15, -0.1) is 37.2 Å². The Hall–Kier alpha value is -0.190. The molecule has 1 unspecified atom stereocenters. The summed E-state index contributed by atoms with van der Waals surface area (Å²) in [5, 5.41) is 6.91. The zero-order valence-corrected chi connectivity index (χ0v) is 13.1. The first kappa shape index (κ1) is 20.1. The molecule has 2 rings (SSSR count). The lowest BCUT2D eigenvalue weighted by atomic mass is 10.1. The molecule has 3 nitrogen and oxygen atoms in total. The minimum Gasteiger partial charge on any atom is -0.378 e. The Morgan fingerprint density at radius 3 is 2.06 bits per heavy atom. The highest BCUT2D eigenvalue weighted by Gasteiger charge is 2.13. The number of benzene rings is 1. The van der Waals surface area contributed by atoms with Crippen LogP contribution < -0.4 is 15.5 Å². The third-order valence-electron chi connectivity index (χ3n) is 2.85. The van der Waals surface area contributed by atoms with Crippen LogP contribution in [0.15, 0.2) is 24.3 Å². The van der Waals surface area contributed by atoms with Crippen molar-refractivity contribution in [2.75, 3.05) is 38.6 Å². The minimum atomic E-state index is 0. The molecule has 0 aliphatic carbocycles. The Morgan fingerprint density at radius 2 is 1.61 bits per heavy atom. The largest absolute Gasteiger partial charge is 0.378 e. The maximum absolute atomic E-state index is 3.51. The Balaban J connectivity index is 0. The van der Waals surface area contributed by atoms with Gasteiger partial charge in [-0.1, -0.05) is 12.1 Å². The molecular formula is C12H22Cl3N3. The molecule has 0 saturated carbocycles. The number of rotatable bonds is 2. The molecule has 1 aliphatic rings. The summed E-state index contributed by atoms with van der Waals surface area (Å²) in [5.74, 6) is 0. The molecule has 1 aliphatic heterocycles. The predicted octanol–water partition coefficient (Wildman–Crippen LogP) is 2.25. The molecule has 1 atom stereocenters. The monoisotopic (exact) mass is 313 g/mol. The van der Waals surface area contributed by atoms with Gasteiger partial charge < -0.3 is 15.5 Å². The van der Waals surface area contributed by atoms with Gasteiger partial charge in [-0.25, -0.2) is 0 Å². The summed E-state index contributed by atoms with van der Waals surface area (Å²) < 4.78 is 0. The van der Waals surface area contributed by atoms with Crippen LogP contribution in [0.3, 0.4) is 0 Å². The molecule has 0 bridgehead atoms. The van der Waals surface area contributed by atoms with E-state index in [1.165, 1.54) is 11.3 Å². The Labute approximate surface area is 128 Å². The summed E-state index contributed by atoms with van der Waals surface area (Å²) in [6, 6.07) is 9.23. The first-order valence-corrected chi connectivity index (χ1v) is 5.49. The van der Waals surface area contributed by atoms with Crippen LogP contribution in [0.2, 0.25) is 0 Å². The smallest absolute Gasteiger partial charge is 0.0447 e. The van der Waals surface area contributed by atoms with Crippen LogP contribution in [0.1, 0.15) is 11.6 Å². The van der Waals surface area contributed by atoms with Gasteiger partial charge >= 0.3 is 0 Å². The van der Waals surface area contributed by atoms with E-state index < -0.39 is 0 Å². The van der Waals surface area contributed by atoms with Gasteiger partial charge in [0.1, 0.15) is 0 Å². The highest BCUT2D eigenvalue weighted by molar-refractivity contribution is 5.86. The molecule has 1 aromatic carbocycles. The molecular weight excluding hydrogens is 293 g/mol. The SMILES string of the molecule is CN(C)c1ccc(C2CNCCN2)cc1.Cl.Cl.Cl. The molecule has 0 amide bonds. The van der Waals surface area contributed by atoms with E-state index in [4.69, 9.17) is 0 Å². The van der Waals surface area contributed by atoms with Crippen molar-refractivity contribution in [3.05, 3.63) is 29.8 Å². The van der Waals surface area contributed by atoms with Gasteiger partial charge in [0.05, 0.1) is 0 Å². The van der Waals surface area contributed by atoms with Gasteiger partial charge in [0.2, 0.25) is 0 Å². The topological polar surface area (TPSA) is 27.3 Å². The number of nitrogens with one attached hydrogen (secondary N) is 2. The van der Waals surface area contributed by atoms with Gasteiger partial charge in [-0.3, -0.25) is 0 Å². The van der Waals surface area contributed by atoms with E-state index in [2.05, 4.69) is 53.9 Å². The molecule has 1 saturated heterocycles. The molecule has 2 N–H and O–H groups in total. The van der Waals surface area contributed by atoms with Crippen LogP contribution >= 0.6 is 37.2 Å². The fourth-order valence-corrected chi connectivity index (χ4v) is 1.89. The average Bonchev–Trinajstić information content (AvgIpc) is 2.30. The minimum absolute atomic E-state index is 0. The molecule has 0 spiro atoms. The van der Waals surface area contributed by atoms with Crippen molar-refractivity contribution in [3.63, 3.8) is 0 Å². The summed E-state index contributed by atoms with van der Waals surface area (Å²) in [5.41, 5.74) is 2.62. The van der Waals surface area contributed by atoms with Crippen molar-refractivity contribution in [3.8, 4) is 0 Å². The Morgan fingerprint density at radius 1 is 1.00 bits per heavy atom. The standard InChI is InChI=1S/C12H19N3.3ClH/c1-15(2)11-5-3-10(4-6-11)12-9-13-7-8-14-12;;;/h3-6,12-14H,7-9H2,1-2H3;3*1H. The summed E-state index contributed by atoms with van der Waals surface area (Å²) in [7, 11) is 4.13. The predicted molar refractivity (Wildman–Crippen MR) is 86.1 cm³/mol. The van der Waals surface area contributed by atoms with Crippen molar-refractivity contribution in [2.45, 2.75) is 6.04 Å². The second-order valence-corrected chi connectivity index (χ2v) is 4.20. The maximum Gasteiger partial charge on any atom is 0.0447 e. The van der Waals surface area contributed by atoms with Gasteiger partial charge in [-0.05, 0) is 17.7 Å². The molecule has 0 radical (unpaired) electrons. The summed E-state index contributed by atoms with van der Waals surface area (Å²) in [6.45, 7) is 3.16. The zero-order valence-electron chi connectivity index (χ0n) is 10.7. The van der Waals surface area contributed by atoms with Crippen LogP contribution in [-0.2, 0) is 0 Å². The molecule has 18 heavy (non-hydrogen) atoms. The van der Waals surface area contributed by atoms with Crippen molar-refractivity contribution >= 4 is 42.9 Å². The lowest BCUT2D eigenvalue weighted by molar-refractivity contribution is 0.430. The van der Waals surface area contributed by atoms with Crippen LogP contribution in [-0.4, -0.2) is 33.7 Å². The Kier molecular flexibility index (Phi) is 10.9. The molecule has 1 aromatic rings.